The zero-order valence-corrected chi connectivity index (χ0v) is 14.6. The number of nitrogens with zero attached hydrogens (tertiary/aromatic N) is 1. The fourth-order valence-electron chi connectivity index (χ4n) is 2.54. The van der Waals surface area contributed by atoms with E-state index in [0.717, 1.165) is 0 Å². The number of halogens is 1. The molecule has 1 heterocycles. The Morgan fingerprint density at radius 1 is 1.46 bits per heavy atom. The Bertz CT molecular complexity index is 642. The minimum Gasteiger partial charge on any atom is -0.444 e. The molecule has 24 heavy (non-hydrogen) atoms. The lowest BCUT2D eigenvalue weighted by Gasteiger charge is -2.24. The summed E-state index contributed by atoms with van der Waals surface area (Å²) in [6.45, 7) is 9.52. The Balaban J connectivity index is 2.09. The maximum absolute atomic E-state index is 14.3. The van der Waals surface area contributed by atoms with Crippen LogP contribution in [-0.2, 0) is 4.74 Å². The Labute approximate surface area is 141 Å². The van der Waals surface area contributed by atoms with Gasteiger partial charge in [-0.2, -0.15) is 0 Å². The van der Waals surface area contributed by atoms with Crippen LogP contribution in [0.25, 0.3) is 0 Å². The second kappa shape index (κ2) is 6.67. The highest BCUT2D eigenvalue weighted by Gasteiger charge is 2.30. The summed E-state index contributed by atoms with van der Waals surface area (Å²) in [7, 11) is 0. The van der Waals surface area contributed by atoms with Crippen LogP contribution in [0.1, 0.15) is 46.2 Å². The first kappa shape index (κ1) is 18.0. The number of amides is 3. The molecule has 0 spiro atoms. The molecule has 0 aromatic heterocycles. The highest BCUT2D eigenvalue weighted by atomic mass is 19.1. The van der Waals surface area contributed by atoms with Gasteiger partial charge in [0.15, 0.2) is 0 Å². The van der Waals surface area contributed by atoms with Crippen molar-refractivity contribution in [2.24, 2.45) is 0 Å². The number of carbonyl (C=O) groups is 2. The highest BCUT2D eigenvalue weighted by Crippen LogP contribution is 2.26. The second-order valence-corrected chi connectivity index (χ2v) is 7.05. The summed E-state index contributed by atoms with van der Waals surface area (Å²) >= 11 is 0. The summed E-state index contributed by atoms with van der Waals surface area (Å²) in [6.07, 6.45) is -0.713. The van der Waals surface area contributed by atoms with Crippen LogP contribution in [-0.4, -0.2) is 35.2 Å². The average molecular weight is 337 g/mol. The van der Waals surface area contributed by atoms with Gasteiger partial charge in [-0.05, 0) is 52.3 Å². The monoisotopic (exact) mass is 337 g/mol. The highest BCUT2D eigenvalue weighted by molar-refractivity contribution is 5.85. The normalized spacial score (nSPS) is 19.0. The van der Waals surface area contributed by atoms with Gasteiger partial charge in [0.1, 0.15) is 11.4 Å². The molecule has 0 aliphatic carbocycles. The van der Waals surface area contributed by atoms with Crippen LogP contribution < -0.4 is 10.6 Å². The Morgan fingerprint density at radius 3 is 2.62 bits per heavy atom. The Kier molecular flexibility index (Phi) is 5.01. The van der Waals surface area contributed by atoms with Crippen LogP contribution >= 0.6 is 0 Å². The maximum Gasteiger partial charge on any atom is 0.412 e. The maximum atomic E-state index is 14.3. The summed E-state index contributed by atoms with van der Waals surface area (Å²) in [4.78, 5) is 25.3. The van der Waals surface area contributed by atoms with Crippen molar-refractivity contribution in [1.82, 2.24) is 10.2 Å². The van der Waals surface area contributed by atoms with Gasteiger partial charge < -0.3 is 15.0 Å². The SMILES string of the molecule is CC1CN(C(C)c2ccc(NC(=O)OC(C)(C)C)c(F)c2)C(=O)N1. The topological polar surface area (TPSA) is 70.7 Å². The van der Waals surface area contributed by atoms with Gasteiger partial charge in [-0.1, -0.05) is 6.07 Å². The molecule has 0 bridgehead atoms. The quantitative estimate of drug-likeness (QED) is 0.884. The number of ether oxygens (including phenoxy) is 1. The standard InChI is InChI=1S/C17H24FN3O3/c1-10-9-21(15(22)19-10)11(2)12-6-7-14(13(18)8-12)20-16(23)24-17(3,4)5/h6-8,10-11H,9H2,1-5H3,(H,19,22)(H,20,23). The predicted molar refractivity (Wildman–Crippen MR) is 89.4 cm³/mol. The Morgan fingerprint density at radius 2 is 2.12 bits per heavy atom. The molecule has 132 valence electrons. The largest absolute Gasteiger partial charge is 0.444 e. The molecule has 1 saturated heterocycles. The minimum absolute atomic E-state index is 0.0411. The average Bonchev–Trinajstić information content (AvgIpc) is 2.77. The van der Waals surface area contributed by atoms with E-state index in [9.17, 15) is 14.0 Å². The molecule has 2 N–H and O–H groups in total. The zero-order valence-electron chi connectivity index (χ0n) is 14.6. The Hall–Kier alpha value is -2.31. The number of nitrogens with one attached hydrogen (secondary N) is 2. The van der Waals surface area contributed by atoms with Gasteiger partial charge in [-0.25, -0.2) is 14.0 Å². The molecule has 2 unspecified atom stereocenters. The van der Waals surface area contributed by atoms with Crippen LogP contribution in [0.5, 0.6) is 0 Å². The van der Waals surface area contributed by atoms with Gasteiger partial charge >= 0.3 is 12.1 Å². The first-order valence-corrected chi connectivity index (χ1v) is 7.93. The molecule has 0 radical (unpaired) electrons. The molecule has 2 rings (SSSR count). The molecule has 1 aliphatic heterocycles. The number of carbonyl (C=O) groups excluding carboxylic acids is 2. The lowest BCUT2D eigenvalue weighted by Crippen LogP contribution is -2.31. The number of hydrogen-bond donors (Lipinski definition) is 2. The molecule has 1 aromatic carbocycles. The molecular formula is C17H24FN3O3. The van der Waals surface area contributed by atoms with Crippen molar-refractivity contribution in [2.45, 2.75) is 52.3 Å². The van der Waals surface area contributed by atoms with E-state index in [0.29, 0.717) is 12.1 Å². The van der Waals surface area contributed by atoms with Crippen LogP contribution in [0.15, 0.2) is 18.2 Å². The third kappa shape index (κ3) is 4.37. The summed E-state index contributed by atoms with van der Waals surface area (Å²) in [5.41, 5.74) is 0.0420. The zero-order chi connectivity index (χ0) is 18.1. The second-order valence-electron chi connectivity index (χ2n) is 7.05. The fraction of sp³-hybridized carbons (Fsp3) is 0.529. The van der Waals surface area contributed by atoms with E-state index < -0.39 is 17.5 Å². The van der Waals surface area contributed by atoms with Gasteiger partial charge in [-0.15, -0.1) is 0 Å². The predicted octanol–water partition coefficient (Wildman–Crippen LogP) is 3.65. The smallest absolute Gasteiger partial charge is 0.412 e. The summed E-state index contributed by atoms with van der Waals surface area (Å²) in [6, 6.07) is 4.14. The van der Waals surface area contributed by atoms with Crippen molar-refractivity contribution in [3.63, 3.8) is 0 Å². The number of benzene rings is 1. The van der Waals surface area contributed by atoms with Gasteiger partial charge in [0, 0.05) is 12.6 Å². The van der Waals surface area contributed by atoms with E-state index >= 15 is 0 Å². The van der Waals surface area contributed by atoms with Crippen LogP contribution in [0.2, 0.25) is 0 Å². The van der Waals surface area contributed by atoms with Crippen molar-refractivity contribution in [3.05, 3.63) is 29.6 Å². The summed E-state index contributed by atoms with van der Waals surface area (Å²) < 4.78 is 19.4. The molecule has 0 saturated carbocycles. The molecule has 7 heteroatoms. The molecular weight excluding hydrogens is 313 g/mol. The van der Waals surface area contributed by atoms with Crippen molar-refractivity contribution >= 4 is 17.8 Å². The van der Waals surface area contributed by atoms with E-state index in [-0.39, 0.29) is 23.8 Å². The van der Waals surface area contributed by atoms with Crippen molar-refractivity contribution in [3.8, 4) is 0 Å². The van der Waals surface area contributed by atoms with Crippen LogP contribution in [0.3, 0.4) is 0 Å². The molecule has 1 aliphatic rings. The van der Waals surface area contributed by atoms with Crippen molar-refractivity contribution in [1.29, 1.82) is 0 Å². The van der Waals surface area contributed by atoms with Crippen LogP contribution in [0, 0.1) is 5.82 Å². The number of anilines is 1. The minimum atomic E-state index is -0.713. The van der Waals surface area contributed by atoms with E-state index in [1.807, 2.05) is 13.8 Å². The first-order valence-electron chi connectivity index (χ1n) is 7.93. The fourth-order valence-corrected chi connectivity index (χ4v) is 2.54. The van der Waals surface area contributed by atoms with Gasteiger partial charge in [0.2, 0.25) is 0 Å². The number of rotatable bonds is 3. The molecule has 3 amide bonds. The lowest BCUT2D eigenvalue weighted by molar-refractivity contribution is 0.0635. The number of urea groups is 1. The van der Waals surface area contributed by atoms with Crippen molar-refractivity contribution < 1.29 is 18.7 Å². The third-order valence-corrected chi connectivity index (χ3v) is 3.68. The first-order chi connectivity index (χ1) is 11.1. The van der Waals surface area contributed by atoms with Gasteiger partial charge in [0.05, 0.1) is 11.7 Å². The van der Waals surface area contributed by atoms with E-state index in [1.165, 1.54) is 12.1 Å². The lowest BCUT2D eigenvalue weighted by atomic mass is 10.1. The van der Waals surface area contributed by atoms with Gasteiger partial charge in [0.25, 0.3) is 0 Å². The summed E-state index contributed by atoms with van der Waals surface area (Å²) in [5, 5.41) is 5.20. The van der Waals surface area contributed by atoms with Gasteiger partial charge in [-0.3, -0.25) is 5.32 Å². The van der Waals surface area contributed by atoms with Crippen molar-refractivity contribution in [2.75, 3.05) is 11.9 Å². The van der Waals surface area contributed by atoms with Crippen LogP contribution in [0.4, 0.5) is 19.7 Å². The number of hydrogen-bond acceptors (Lipinski definition) is 3. The van der Waals surface area contributed by atoms with E-state index in [2.05, 4.69) is 10.6 Å². The van der Waals surface area contributed by atoms with E-state index in [1.54, 1.807) is 31.7 Å². The molecule has 2 atom stereocenters. The molecule has 1 fully saturated rings. The van der Waals surface area contributed by atoms with E-state index in [4.69, 9.17) is 4.74 Å². The molecule has 1 aromatic rings. The summed E-state index contributed by atoms with van der Waals surface area (Å²) in [5.74, 6) is -0.571. The third-order valence-electron chi connectivity index (χ3n) is 3.68. The molecule has 6 nitrogen and oxygen atoms in total.